The highest BCUT2D eigenvalue weighted by Gasteiger charge is 2.34. The van der Waals surface area contributed by atoms with Crippen LogP contribution in [0.1, 0.15) is 57.5 Å². The van der Waals surface area contributed by atoms with Gasteiger partial charge in [0.25, 0.3) is 0 Å². The number of anilines is 1. The van der Waals surface area contributed by atoms with Crippen LogP contribution in [-0.4, -0.2) is 39.4 Å². The molecule has 1 aromatic rings. The van der Waals surface area contributed by atoms with Crippen molar-refractivity contribution in [2.45, 2.75) is 52.7 Å². The Bertz CT molecular complexity index is 700. The molecule has 1 heterocycles. The molecule has 0 spiro atoms. The van der Waals surface area contributed by atoms with Gasteiger partial charge < -0.3 is 14.6 Å². The van der Waals surface area contributed by atoms with Crippen LogP contribution in [0.4, 0.5) is 15.4 Å². The number of pyridine rings is 1. The van der Waals surface area contributed by atoms with Crippen molar-refractivity contribution in [3.8, 4) is 0 Å². The van der Waals surface area contributed by atoms with Crippen LogP contribution < -0.4 is 4.90 Å². The molecule has 1 rings (SSSR count). The molecule has 0 bridgehead atoms. The molecule has 0 aliphatic rings. The maximum Gasteiger partial charge on any atom is 0.425 e. The van der Waals surface area contributed by atoms with E-state index in [0.29, 0.717) is 4.90 Å². The van der Waals surface area contributed by atoms with Crippen molar-refractivity contribution < 1.29 is 29.0 Å². The van der Waals surface area contributed by atoms with E-state index in [1.54, 1.807) is 41.5 Å². The first-order chi connectivity index (χ1) is 11.7. The molecule has 26 heavy (non-hydrogen) atoms. The maximum atomic E-state index is 12.6. The quantitative estimate of drug-likeness (QED) is 0.860. The van der Waals surface area contributed by atoms with E-state index in [0.717, 1.165) is 6.20 Å². The number of carbonyl (C=O) groups is 3. The van der Waals surface area contributed by atoms with Gasteiger partial charge in [0.2, 0.25) is 0 Å². The molecule has 0 saturated heterocycles. The molecule has 0 radical (unpaired) electrons. The van der Waals surface area contributed by atoms with Crippen LogP contribution in [0.15, 0.2) is 18.8 Å². The van der Waals surface area contributed by atoms with E-state index in [4.69, 9.17) is 14.6 Å². The number of carbonyl (C=O) groups excluding carboxylic acids is 2. The highest BCUT2D eigenvalue weighted by Crippen LogP contribution is 2.25. The number of carboxylic acids is 1. The Morgan fingerprint density at radius 3 is 1.88 bits per heavy atom. The van der Waals surface area contributed by atoms with Crippen LogP contribution in [0.2, 0.25) is 0 Å². The van der Waals surface area contributed by atoms with Gasteiger partial charge in [0.1, 0.15) is 11.2 Å². The molecule has 1 N–H and O–H groups in total. The van der Waals surface area contributed by atoms with Crippen molar-refractivity contribution in [3.63, 3.8) is 0 Å². The predicted octanol–water partition coefficient (Wildman–Crippen LogP) is 4.10. The van der Waals surface area contributed by atoms with Gasteiger partial charge in [-0.1, -0.05) is 12.7 Å². The fraction of sp³-hybridized carbons (Fsp3) is 0.444. The highest BCUT2D eigenvalue weighted by atomic mass is 16.6. The highest BCUT2D eigenvalue weighted by molar-refractivity contribution is 6.10. The van der Waals surface area contributed by atoms with Crippen molar-refractivity contribution in [3.05, 3.63) is 30.0 Å². The summed E-state index contributed by atoms with van der Waals surface area (Å²) in [6.45, 7) is 13.5. The lowest BCUT2D eigenvalue weighted by atomic mass is 10.1. The van der Waals surface area contributed by atoms with Crippen LogP contribution in [0.25, 0.3) is 6.08 Å². The summed E-state index contributed by atoms with van der Waals surface area (Å²) in [6, 6.07) is 1.25. The SMILES string of the molecule is C=Cc1cc(C(=O)O)cnc1N(C(=O)OC(C)(C)C)C(=O)OC(C)(C)C. The van der Waals surface area contributed by atoms with Crippen LogP contribution in [-0.2, 0) is 9.47 Å². The van der Waals surface area contributed by atoms with Gasteiger partial charge in [-0.25, -0.2) is 19.4 Å². The molecule has 0 atom stereocenters. The first-order valence-electron chi connectivity index (χ1n) is 7.87. The lowest BCUT2D eigenvalue weighted by molar-refractivity contribution is 0.0428. The zero-order valence-electron chi connectivity index (χ0n) is 15.8. The molecule has 0 aromatic carbocycles. The van der Waals surface area contributed by atoms with Crippen LogP contribution in [0.5, 0.6) is 0 Å². The molecule has 8 nitrogen and oxygen atoms in total. The van der Waals surface area contributed by atoms with E-state index in [-0.39, 0.29) is 16.9 Å². The van der Waals surface area contributed by atoms with Gasteiger partial charge >= 0.3 is 18.2 Å². The van der Waals surface area contributed by atoms with E-state index >= 15 is 0 Å². The lowest BCUT2D eigenvalue weighted by Gasteiger charge is -2.28. The smallest absolute Gasteiger partial charge is 0.425 e. The summed E-state index contributed by atoms with van der Waals surface area (Å²) in [5.41, 5.74) is -1.68. The first kappa shape index (κ1) is 21.1. The van der Waals surface area contributed by atoms with Gasteiger partial charge in [-0.3, -0.25) is 0 Å². The number of hydrogen-bond acceptors (Lipinski definition) is 6. The molecule has 0 aliphatic carbocycles. The summed E-state index contributed by atoms with van der Waals surface area (Å²) < 4.78 is 10.5. The van der Waals surface area contributed by atoms with Gasteiger partial charge in [0, 0.05) is 11.8 Å². The monoisotopic (exact) mass is 364 g/mol. The summed E-state index contributed by atoms with van der Waals surface area (Å²) in [4.78, 5) is 40.9. The number of nitrogens with zero attached hydrogens (tertiary/aromatic N) is 2. The fourth-order valence-electron chi connectivity index (χ4n) is 1.79. The molecule has 1 aromatic heterocycles. The zero-order valence-corrected chi connectivity index (χ0v) is 15.8. The maximum absolute atomic E-state index is 12.6. The molecule has 0 aliphatic heterocycles. The second-order valence-electron chi connectivity index (χ2n) is 7.44. The Kier molecular flexibility index (Phi) is 6.14. The fourth-order valence-corrected chi connectivity index (χ4v) is 1.79. The zero-order chi connectivity index (χ0) is 20.3. The number of hydrogen-bond donors (Lipinski definition) is 1. The number of carboxylic acid groups (broad SMARTS) is 1. The van der Waals surface area contributed by atoms with Gasteiger partial charge in [-0.15, -0.1) is 0 Å². The number of aromatic nitrogens is 1. The van der Waals surface area contributed by atoms with Gasteiger partial charge in [0.05, 0.1) is 5.56 Å². The van der Waals surface area contributed by atoms with Crippen molar-refractivity contribution in [2.75, 3.05) is 4.90 Å². The number of amides is 2. The summed E-state index contributed by atoms with van der Waals surface area (Å²) in [6.07, 6.45) is 0.332. The average Bonchev–Trinajstić information content (AvgIpc) is 2.43. The Balaban J connectivity index is 3.45. The van der Waals surface area contributed by atoms with Crippen LogP contribution in [0.3, 0.4) is 0 Å². The summed E-state index contributed by atoms with van der Waals surface area (Å²) >= 11 is 0. The minimum absolute atomic E-state index is 0.114. The largest absolute Gasteiger partial charge is 0.478 e. The molecular formula is C18H24N2O6. The summed E-state index contributed by atoms with van der Waals surface area (Å²) in [5, 5.41) is 9.09. The standard InChI is InChI=1S/C18H24N2O6/c1-8-11-9-12(14(21)22)10-19-13(11)20(15(23)25-17(2,3)4)16(24)26-18(5,6)7/h8-10H,1H2,2-7H3,(H,21,22). The van der Waals surface area contributed by atoms with Crippen molar-refractivity contribution in [1.82, 2.24) is 4.98 Å². The molecule has 0 unspecified atom stereocenters. The Labute approximate surface area is 152 Å². The lowest BCUT2D eigenvalue weighted by Crippen LogP contribution is -2.44. The summed E-state index contributed by atoms with van der Waals surface area (Å²) in [5.74, 6) is -1.33. The first-order valence-corrected chi connectivity index (χ1v) is 7.87. The van der Waals surface area contributed by atoms with E-state index in [1.165, 1.54) is 12.1 Å². The third-order valence-electron chi connectivity index (χ3n) is 2.73. The molecule has 2 amide bonds. The van der Waals surface area contributed by atoms with Crippen molar-refractivity contribution >= 4 is 30.0 Å². The number of aromatic carboxylic acids is 1. The van der Waals surface area contributed by atoms with Gasteiger partial charge in [-0.2, -0.15) is 4.90 Å². The third kappa shape index (κ3) is 5.87. The molecule has 142 valence electrons. The van der Waals surface area contributed by atoms with E-state index in [1.807, 2.05) is 0 Å². The molecular weight excluding hydrogens is 340 g/mol. The van der Waals surface area contributed by atoms with Crippen molar-refractivity contribution in [2.24, 2.45) is 0 Å². The number of ether oxygens (including phenoxy) is 2. The normalized spacial score (nSPS) is 11.5. The molecule has 8 heteroatoms. The minimum atomic E-state index is -1.20. The van der Waals surface area contributed by atoms with Crippen LogP contribution in [0, 0.1) is 0 Å². The number of rotatable bonds is 3. The average molecular weight is 364 g/mol. The minimum Gasteiger partial charge on any atom is -0.478 e. The predicted molar refractivity (Wildman–Crippen MR) is 96.2 cm³/mol. The number of imide groups is 1. The van der Waals surface area contributed by atoms with Gasteiger partial charge in [0.15, 0.2) is 5.82 Å². The molecule has 0 fully saturated rings. The third-order valence-corrected chi connectivity index (χ3v) is 2.73. The van der Waals surface area contributed by atoms with E-state index in [2.05, 4.69) is 11.6 Å². The molecule has 0 saturated carbocycles. The van der Waals surface area contributed by atoms with Gasteiger partial charge in [-0.05, 0) is 47.6 Å². The Morgan fingerprint density at radius 1 is 1.08 bits per heavy atom. The van der Waals surface area contributed by atoms with E-state index in [9.17, 15) is 14.4 Å². The Hall–Kier alpha value is -2.90. The van der Waals surface area contributed by atoms with E-state index < -0.39 is 29.4 Å². The topological polar surface area (TPSA) is 106 Å². The summed E-state index contributed by atoms with van der Waals surface area (Å²) in [7, 11) is 0. The van der Waals surface area contributed by atoms with Crippen molar-refractivity contribution in [1.29, 1.82) is 0 Å². The second kappa shape index (κ2) is 7.55. The Morgan fingerprint density at radius 2 is 1.54 bits per heavy atom. The second-order valence-corrected chi connectivity index (χ2v) is 7.44. The van der Waals surface area contributed by atoms with Crippen LogP contribution >= 0.6 is 0 Å².